The Kier molecular flexibility index (Phi) is 8.93. The van der Waals surface area contributed by atoms with Gasteiger partial charge in [-0.05, 0) is 6.42 Å². The Balaban J connectivity index is 4.14. The summed E-state index contributed by atoms with van der Waals surface area (Å²) in [4.78, 5) is 43.7. The molecule has 0 spiro atoms. The van der Waals surface area contributed by atoms with Crippen LogP contribution in [0.15, 0.2) is 0 Å². The largest absolute Gasteiger partial charge is 0.481 e. The van der Waals surface area contributed by atoms with Gasteiger partial charge in [0.05, 0.1) is 12.5 Å². The summed E-state index contributed by atoms with van der Waals surface area (Å²) in [5, 5.41) is 11.0. The lowest BCUT2D eigenvalue weighted by Gasteiger charge is -2.16. The van der Waals surface area contributed by atoms with E-state index >= 15 is 0 Å². The number of ether oxygens (including phenoxy) is 1. The van der Waals surface area contributed by atoms with Gasteiger partial charge in [0, 0.05) is 19.3 Å². The molecular formula is C12H20N2O6. The number of carbonyl (C=O) groups is 4. The first-order valence-electron chi connectivity index (χ1n) is 6.29. The highest BCUT2D eigenvalue weighted by atomic mass is 16.5. The van der Waals surface area contributed by atoms with Crippen LogP contribution in [0.25, 0.3) is 0 Å². The van der Waals surface area contributed by atoms with Gasteiger partial charge in [-0.2, -0.15) is 0 Å². The third-order valence-electron chi connectivity index (χ3n) is 2.60. The van der Waals surface area contributed by atoms with Gasteiger partial charge >= 0.3 is 5.97 Å². The number of amides is 1. The van der Waals surface area contributed by atoms with Gasteiger partial charge in [-0.25, -0.2) is 0 Å². The molecule has 114 valence electrons. The number of hydrogen-bond acceptors (Lipinski definition) is 6. The fourth-order valence-electron chi connectivity index (χ4n) is 1.49. The van der Waals surface area contributed by atoms with E-state index in [-0.39, 0.29) is 37.9 Å². The van der Waals surface area contributed by atoms with Crippen LogP contribution in [0.5, 0.6) is 0 Å². The van der Waals surface area contributed by atoms with E-state index in [0.29, 0.717) is 6.42 Å². The lowest BCUT2D eigenvalue weighted by Crippen LogP contribution is -2.41. The molecular weight excluding hydrogens is 268 g/mol. The van der Waals surface area contributed by atoms with Crippen LogP contribution in [0.2, 0.25) is 0 Å². The highest BCUT2D eigenvalue weighted by molar-refractivity contribution is 5.90. The molecule has 0 aliphatic rings. The van der Waals surface area contributed by atoms with Crippen LogP contribution in [0.3, 0.4) is 0 Å². The standard InChI is InChI=1S/C12H20N2O6/c1-2-8(9(16)3-6-12(18)19)14-11(17)5-4-10(13)20-7-15/h7-8,10H,2-6,13H2,1H3,(H,14,17)(H,18,19)/t8-,10+/m0/s1. The Morgan fingerprint density at radius 2 is 1.95 bits per heavy atom. The van der Waals surface area contributed by atoms with Crippen molar-refractivity contribution in [2.75, 3.05) is 0 Å². The number of ketones is 1. The number of carboxylic acid groups (broad SMARTS) is 1. The highest BCUT2D eigenvalue weighted by Gasteiger charge is 2.19. The van der Waals surface area contributed by atoms with Crippen molar-refractivity contribution in [1.82, 2.24) is 5.32 Å². The summed E-state index contributed by atoms with van der Waals surface area (Å²) in [5.41, 5.74) is 5.37. The quantitative estimate of drug-likeness (QED) is 0.346. The first-order chi connectivity index (χ1) is 9.40. The number of hydrogen-bond donors (Lipinski definition) is 3. The number of Topliss-reactive ketones (excluding diaryl/α,β-unsaturated/α-hetero) is 1. The van der Waals surface area contributed by atoms with Crippen LogP contribution in [0.1, 0.15) is 39.0 Å². The Morgan fingerprint density at radius 3 is 2.45 bits per heavy atom. The topological polar surface area (TPSA) is 136 Å². The lowest BCUT2D eigenvalue weighted by molar-refractivity contribution is -0.139. The summed E-state index contributed by atoms with van der Waals surface area (Å²) in [6.07, 6.45) is -0.713. The molecule has 4 N–H and O–H groups in total. The van der Waals surface area contributed by atoms with E-state index in [9.17, 15) is 19.2 Å². The maximum absolute atomic E-state index is 11.7. The molecule has 0 saturated carbocycles. The molecule has 2 atom stereocenters. The SMILES string of the molecule is CC[C@H](NC(=O)CC[C@H](N)OC=O)C(=O)CCC(=O)O. The second-order valence-electron chi connectivity index (χ2n) is 4.20. The van der Waals surface area contributed by atoms with Crippen LogP contribution in [0, 0.1) is 0 Å². The zero-order valence-corrected chi connectivity index (χ0v) is 11.3. The fraction of sp³-hybridized carbons (Fsp3) is 0.667. The normalized spacial score (nSPS) is 13.1. The van der Waals surface area contributed by atoms with E-state index in [0.717, 1.165) is 0 Å². The number of nitrogens with one attached hydrogen (secondary N) is 1. The van der Waals surface area contributed by atoms with Crippen LogP contribution in [-0.2, 0) is 23.9 Å². The van der Waals surface area contributed by atoms with Crippen molar-refractivity contribution in [3.05, 3.63) is 0 Å². The number of rotatable bonds is 11. The summed E-state index contributed by atoms with van der Waals surface area (Å²) in [5.74, 6) is -1.78. The summed E-state index contributed by atoms with van der Waals surface area (Å²) in [6.45, 7) is 1.91. The Labute approximate surface area is 116 Å². The summed E-state index contributed by atoms with van der Waals surface area (Å²) in [6, 6.07) is -0.704. The lowest BCUT2D eigenvalue weighted by atomic mass is 10.1. The van der Waals surface area contributed by atoms with Crippen molar-refractivity contribution in [3.63, 3.8) is 0 Å². The van der Waals surface area contributed by atoms with E-state index < -0.39 is 24.1 Å². The van der Waals surface area contributed by atoms with Crippen LogP contribution >= 0.6 is 0 Å². The molecule has 20 heavy (non-hydrogen) atoms. The average Bonchev–Trinajstić information content (AvgIpc) is 2.40. The van der Waals surface area contributed by atoms with Crippen molar-refractivity contribution in [1.29, 1.82) is 0 Å². The molecule has 0 aromatic rings. The molecule has 0 aliphatic heterocycles. The van der Waals surface area contributed by atoms with Crippen molar-refractivity contribution in [3.8, 4) is 0 Å². The minimum atomic E-state index is -1.06. The van der Waals surface area contributed by atoms with Gasteiger partial charge in [0.25, 0.3) is 6.47 Å². The van der Waals surface area contributed by atoms with Gasteiger partial charge in [-0.3, -0.25) is 24.9 Å². The monoisotopic (exact) mass is 288 g/mol. The van der Waals surface area contributed by atoms with Crippen LogP contribution < -0.4 is 11.1 Å². The fourth-order valence-corrected chi connectivity index (χ4v) is 1.49. The maximum Gasteiger partial charge on any atom is 0.303 e. The van der Waals surface area contributed by atoms with Gasteiger partial charge in [-0.1, -0.05) is 6.92 Å². The molecule has 8 heteroatoms. The molecule has 0 aromatic carbocycles. The molecule has 0 rings (SSSR count). The first kappa shape index (κ1) is 18.0. The van der Waals surface area contributed by atoms with Crippen LogP contribution in [0.4, 0.5) is 0 Å². The highest BCUT2D eigenvalue weighted by Crippen LogP contribution is 2.02. The molecule has 8 nitrogen and oxygen atoms in total. The smallest absolute Gasteiger partial charge is 0.303 e. The summed E-state index contributed by atoms with van der Waals surface area (Å²) >= 11 is 0. The maximum atomic E-state index is 11.7. The zero-order chi connectivity index (χ0) is 15.5. The second kappa shape index (κ2) is 9.90. The summed E-state index contributed by atoms with van der Waals surface area (Å²) < 4.78 is 4.42. The third-order valence-corrected chi connectivity index (χ3v) is 2.60. The first-order valence-corrected chi connectivity index (χ1v) is 6.29. The van der Waals surface area contributed by atoms with Gasteiger partial charge in [0.1, 0.15) is 0 Å². The molecule has 0 bridgehead atoms. The Morgan fingerprint density at radius 1 is 1.30 bits per heavy atom. The predicted octanol–water partition coefficient (Wildman–Crippen LogP) is -0.447. The van der Waals surface area contributed by atoms with Crippen molar-refractivity contribution in [2.24, 2.45) is 5.73 Å². The molecule has 0 saturated heterocycles. The number of carbonyl (C=O) groups excluding carboxylic acids is 3. The van der Waals surface area contributed by atoms with Gasteiger partial charge in [0.15, 0.2) is 12.0 Å². The van der Waals surface area contributed by atoms with E-state index in [1.54, 1.807) is 6.92 Å². The molecule has 0 unspecified atom stereocenters. The van der Waals surface area contributed by atoms with E-state index in [4.69, 9.17) is 10.8 Å². The van der Waals surface area contributed by atoms with Crippen molar-refractivity contribution >= 4 is 24.1 Å². The van der Waals surface area contributed by atoms with Gasteiger partial charge in [0.2, 0.25) is 5.91 Å². The molecule has 0 fully saturated rings. The van der Waals surface area contributed by atoms with Crippen molar-refractivity contribution < 1.29 is 29.0 Å². The third kappa shape index (κ3) is 8.20. The molecule has 0 aromatic heterocycles. The Bertz CT molecular complexity index is 358. The molecule has 1 amide bonds. The number of nitrogens with two attached hydrogens (primary N) is 1. The van der Waals surface area contributed by atoms with E-state index in [1.807, 2.05) is 0 Å². The summed E-state index contributed by atoms with van der Waals surface area (Å²) in [7, 11) is 0. The van der Waals surface area contributed by atoms with Crippen molar-refractivity contribution in [2.45, 2.75) is 51.3 Å². The molecule has 0 radical (unpaired) electrons. The minimum absolute atomic E-state index is 0.0116. The van der Waals surface area contributed by atoms with Gasteiger partial charge in [-0.15, -0.1) is 0 Å². The van der Waals surface area contributed by atoms with E-state index in [2.05, 4.69) is 10.1 Å². The molecule has 0 aliphatic carbocycles. The Hall–Kier alpha value is -1.96. The van der Waals surface area contributed by atoms with Gasteiger partial charge < -0.3 is 15.2 Å². The zero-order valence-electron chi connectivity index (χ0n) is 11.3. The minimum Gasteiger partial charge on any atom is -0.481 e. The number of carboxylic acids is 1. The molecule has 0 heterocycles. The average molecular weight is 288 g/mol. The predicted molar refractivity (Wildman–Crippen MR) is 68.5 cm³/mol. The van der Waals surface area contributed by atoms with E-state index in [1.165, 1.54) is 0 Å². The number of aliphatic carboxylic acids is 1. The second-order valence-corrected chi connectivity index (χ2v) is 4.20. The van der Waals surface area contributed by atoms with Crippen LogP contribution in [-0.4, -0.2) is 41.5 Å².